The Hall–Kier alpha value is -8.77. The van der Waals surface area contributed by atoms with Crippen LogP contribution < -0.4 is 0 Å². The van der Waals surface area contributed by atoms with Crippen molar-refractivity contribution in [1.82, 2.24) is 0 Å². The molecule has 0 spiro atoms. The van der Waals surface area contributed by atoms with Crippen LogP contribution in [0.1, 0.15) is 401 Å². The normalized spacial score (nSPS) is 9.67. The monoisotopic (exact) mass is 1530 g/mol. The summed E-state index contributed by atoms with van der Waals surface area (Å²) in [6, 6.07) is 0. The maximum atomic E-state index is 12.0. The van der Waals surface area contributed by atoms with Crippen LogP contribution in [0.25, 0.3) is 0 Å². The molecule has 0 aromatic rings. The van der Waals surface area contributed by atoms with Gasteiger partial charge >= 0.3 is 0 Å². The fourth-order valence-corrected chi connectivity index (χ4v) is 9.74. The third-order valence-corrected chi connectivity index (χ3v) is 17.0. The third kappa shape index (κ3) is 131. The van der Waals surface area contributed by atoms with Crippen LogP contribution in [-0.2, 0) is 24.0 Å². The van der Waals surface area contributed by atoms with Gasteiger partial charge in [0.05, 0.1) is 0 Å². The Morgan fingerprint density at radius 1 is 0.250 bits per heavy atom. The lowest BCUT2D eigenvalue weighted by atomic mass is 9.90. The molecule has 7 heteroatoms. The van der Waals surface area contributed by atoms with Crippen LogP contribution in [0.3, 0.4) is 0 Å². The highest BCUT2D eigenvalue weighted by atomic mass is 16.3. The average molecular weight is 1530 g/mol. The van der Waals surface area contributed by atoms with E-state index in [0.29, 0.717) is 42.3 Å². The molecule has 5 unspecified atom stereocenters. The molecule has 7 nitrogen and oxygen atoms in total. The minimum absolute atomic E-state index is 0.167. The van der Waals surface area contributed by atoms with E-state index in [2.05, 4.69) is 275 Å². The van der Waals surface area contributed by atoms with Gasteiger partial charge in [0.2, 0.25) is 0 Å². The molecule has 0 saturated carbocycles. The molecule has 0 radical (unpaired) electrons. The molecule has 0 aliphatic heterocycles. The van der Waals surface area contributed by atoms with E-state index in [4.69, 9.17) is 23.1 Å². The van der Waals surface area contributed by atoms with E-state index in [0.717, 1.165) is 133 Å². The van der Waals surface area contributed by atoms with Gasteiger partial charge in [-0.3, -0.25) is 14.4 Å². The smallest absolute Gasteiger partial charge is 0.132 e. The van der Waals surface area contributed by atoms with E-state index in [-0.39, 0.29) is 5.78 Å². The number of carbonyl (C=O) groups is 5. The van der Waals surface area contributed by atoms with Crippen molar-refractivity contribution >= 4 is 28.9 Å². The molecule has 0 aromatic carbocycles. The fraction of sp³-hybridized carbons (Fsp3) is 0.648. The van der Waals surface area contributed by atoms with Crippen molar-refractivity contribution in [1.29, 1.82) is 0 Å². The molecule has 0 rings (SSSR count). The Morgan fingerprint density at radius 2 is 0.446 bits per heavy atom. The predicted molar refractivity (Wildman–Crippen MR) is 485 cm³/mol. The van der Waals surface area contributed by atoms with E-state index in [1.54, 1.807) is 20.8 Å². The van der Waals surface area contributed by atoms with E-state index in [1.807, 2.05) is 0 Å². The largest absolute Gasteiger partial charge is 0.396 e. The lowest BCUT2D eigenvalue weighted by Crippen LogP contribution is -2.07. The van der Waals surface area contributed by atoms with Crippen molar-refractivity contribution in [2.75, 3.05) is 13.2 Å². The number of ketones is 5. The quantitative estimate of drug-likeness (QED) is 0.0459. The van der Waals surface area contributed by atoms with Crippen molar-refractivity contribution in [3.8, 4) is 190 Å². The van der Waals surface area contributed by atoms with Gasteiger partial charge in [0, 0.05) is 58.2 Å². The van der Waals surface area contributed by atoms with Crippen molar-refractivity contribution in [3.05, 3.63) is 0 Å². The summed E-state index contributed by atoms with van der Waals surface area (Å²) in [5, 5.41) is 16.8. The Bertz CT molecular complexity index is 3310. The number of aliphatic hydroxyl groups excluding tert-OH is 2. The first-order valence-electron chi connectivity index (χ1n) is 42.7. The second-order valence-electron chi connectivity index (χ2n) is 27.1. The zero-order valence-corrected chi connectivity index (χ0v) is 74.6. The van der Waals surface area contributed by atoms with Gasteiger partial charge in [-0.1, -0.05) is 276 Å². The Labute approximate surface area is 693 Å². The van der Waals surface area contributed by atoms with Crippen molar-refractivity contribution in [2.45, 2.75) is 401 Å². The number of carbonyl (C=O) groups excluding carboxylic acids is 5. The van der Waals surface area contributed by atoms with Crippen LogP contribution in [0.15, 0.2) is 0 Å². The Morgan fingerprint density at radius 3 is 0.625 bits per heavy atom. The van der Waals surface area contributed by atoms with Crippen LogP contribution in [-0.4, -0.2) is 52.3 Å². The number of aliphatic hydroxyl groups is 2. The molecule has 0 aromatic heterocycles. The number of terminal acetylenes is 2. The minimum Gasteiger partial charge on any atom is -0.396 e. The maximum Gasteiger partial charge on any atom is 0.132 e. The highest BCUT2D eigenvalue weighted by Gasteiger charge is 2.13. The van der Waals surface area contributed by atoms with Crippen molar-refractivity contribution < 1.29 is 34.2 Å². The highest BCUT2D eigenvalue weighted by Crippen LogP contribution is 2.23. The van der Waals surface area contributed by atoms with Crippen LogP contribution in [0, 0.1) is 220 Å². The molecular formula is C105H154O7. The lowest BCUT2D eigenvalue weighted by Gasteiger charge is -2.15. The first-order chi connectivity index (χ1) is 54.2. The van der Waals surface area contributed by atoms with Gasteiger partial charge in [-0.05, 0) is 288 Å². The van der Waals surface area contributed by atoms with Gasteiger partial charge in [-0.25, -0.2) is 0 Å². The number of hydrogen-bond donors (Lipinski definition) is 2. The van der Waals surface area contributed by atoms with Crippen LogP contribution >= 0.6 is 0 Å². The zero-order chi connectivity index (χ0) is 86.1. The van der Waals surface area contributed by atoms with Gasteiger partial charge in [-0.2, -0.15) is 0 Å². The molecule has 0 bridgehead atoms. The molecule has 0 saturated heterocycles. The van der Waals surface area contributed by atoms with Gasteiger partial charge in [0.15, 0.2) is 0 Å². The molecule has 5 atom stereocenters. The average Bonchev–Trinajstić information content (AvgIpc) is 0.964. The van der Waals surface area contributed by atoms with E-state index in [9.17, 15) is 24.0 Å². The summed E-state index contributed by atoms with van der Waals surface area (Å²) < 4.78 is 0. The van der Waals surface area contributed by atoms with E-state index >= 15 is 0 Å². The Balaban J connectivity index is -0.000000156. The van der Waals surface area contributed by atoms with Crippen LogP contribution in [0.4, 0.5) is 0 Å². The van der Waals surface area contributed by atoms with Gasteiger partial charge < -0.3 is 19.8 Å². The van der Waals surface area contributed by atoms with E-state index in [1.165, 1.54) is 174 Å². The summed E-state index contributed by atoms with van der Waals surface area (Å²) in [6.07, 6.45) is 58.0. The summed E-state index contributed by atoms with van der Waals surface area (Å²) in [7, 11) is 0. The van der Waals surface area contributed by atoms with Crippen molar-refractivity contribution in [2.24, 2.45) is 29.6 Å². The van der Waals surface area contributed by atoms with Gasteiger partial charge in [-0.15, -0.1) is 12.8 Å². The van der Waals surface area contributed by atoms with Gasteiger partial charge in [0.25, 0.3) is 0 Å². The summed E-state index contributed by atoms with van der Waals surface area (Å²) in [6.45, 7) is 39.7. The molecule has 616 valence electrons. The molecule has 0 heterocycles. The van der Waals surface area contributed by atoms with Crippen LogP contribution in [0.2, 0.25) is 0 Å². The minimum atomic E-state index is 0.167. The van der Waals surface area contributed by atoms with E-state index < -0.39 is 0 Å². The fourth-order valence-electron chi connectivity index (χ4n) is 9.74. The highest BCUT2D eigenvalue weighted by molar-refractivity contribution is 5.79. The standard InChI is InChI=1S/C19H38O.C19H4.C15H30O.C15H4.2C11H22O.C8H18O.C4H10O.C3H6O/c1-5-9-11-17(7-3)13-15-19(20)16-14-18(8-4)12-10-6-2;1-3-5-7-9-11-13-15-17-19-18-16-14-12-10-8-6-4-2;1-4-7-9-11-15(16)13-12-14(6-3)10-8-5-2;1-3-5-7-9-11-13-15-14-12-10-8-6-4-2;1-4-6-7-11(5-2)9-8-10(3)12;1-3-5-7-9-11(12)10-8-6-4-2;1-3-5-6-8(4-2)7-9;1-2-3-4-5;1-3(2)4/h17-18H,5-16H2,1-4H3;1H,2H3;14H,4-13H2,1-3H3;1H,2H3;11H,4-9H2,1-3H3;3-10H2,1-2H3;8-9H,3-7H2,1-2H3;5H,2-4H2,1H3;1-2H3. The first kappa shape index (κ1) is 122. The Kier molecular flexibility index (Phi) is 125. The summed E-state index contributed by atoms with van der Waals surface area (Å²) in [4.78, 5) is 55.0. The molecule has 0 fully saturated rings. The molecule has 0 amide bonds. The number of Topliss-reactive ketones (excluding diaryl/α,β-unsaturated/α-hetero) is 5. The van der Waals surface area contributed by atoms with Gasteiger partial charge in [0.1, 0.15) is 28.9 Å². The topological polar surface area (TPSA) is 126 Å². The second-order valence-corrected chi connectivity index (χ2v) is 27.1. The zero-order valence-electron chi connectivity index (χ0n) is 74.6. The maximum absolute atomic E-state index is 12.0. The predicted octanol–water partition coefficient (Wildman–Crippen LogP) is 23.9. The number of hydrogen-bond acceptors (Lipinski definition) is 7. The summed E-state index contributed by atoms with van der Waals surface area (Å²) >= 11 is 0. The first-order valence-corrected chi connectivity index (χ1v) is 42.7. The summed E-state index contributed by atoms with van der Waals surface area (Å²) in [5.74, 6) is 79.5. The second kappa shape index (κ2) is 116. The molecule has 0 aliphatic carbocycles. The summed E-state index contributed by atoms with van der Waals surface area (Å²) in [5.41, 5.74) is 0. The number of rotatable bonds is 47. The van der Waals surface area contributed by atoms with Crippen LogP contribution in [0.5, 0.6) is 0 Å². The molecule has 0 aliphatic rings. The van der Waals surface area contributed by atoms with Crippen molar-refractivity contribution in [3.63, 3.8) is 0 Å². The molecule has 2 N–H and O–H groups in total. The third-order valence-electron chi connectivity index (χ3n) is 17.0. The lowest BCUT2D eigenvalue weighted by molar-refractivity contribution is -0.120. The SMILES string of the molecule is C#CC#CC#CC#CC#CC#CC#CC.C#CC#CC#CC#CC#CC#CC#CC#CC#CC.CC(C)=O.CCCCC(CC)CCC(=O)CCC(CC)CCCC.CCCCC(CC)CCC(C)=O.CCCCC(CC)CO.CCCCCC(=O)CCC(CC)CCCC.CCCCCC(=O)CCCCC.CCCCO. The molecular weight excluding hydrogens is 1370 g/mol. The number of unbranched alkanes of at least 4 members (excludes halogenated alkanes) is 12. The molecule has 112 heavy (non-hydrogen) atoms.